The minimum atomic E-state index is -0.278. The summed E-state index contributed by atoms with van der Waals surface area (Å²) in [6, 6.07) is 12.2. The summed E-state index contributed by atoms with van der Waals surface area (Å²) >= 11 is 12.2. The third kappa shape index (κ3) is 4.05. The minimum absolute atomic E-state index is 0.00481. The number of halogens is 2. The van der Waals surface area contributed by atoms with Crippen LogP contribution in [0.25, 0.3) is 11.1 Å². The monoisotopic (exact) mass is 444 g/mol. The molecule has 1 unspecified atom stereocenters. The Morgan fingerprint density at radius 3 is 2.50 bits per heavy atom. The van der Waals surface area contributed by atoms with Gasteiger partial charge in [0, 0.05) is 6.54 Å². The lowest BCUT2D eigenvalue weighted by Gasteiger charge is -2.44. The van der Waals surface area contributed by atoms with Crippen LogP contribution in [0.15, 0.2) is 36.4 Å². The van der Waals surface area contributed by atoms with Crippen LogP contribution in [0.5, 0.6) is 0 Å². The highest BCUT2D eigenvalue weighted by Crippen LogP contribution is 2.35. The van der Waals surface area contributed by atoms with Gasteiger partial charge in [0.1, 0.15) is 6.10 Å². The molecule has 158 valence electrons. The molecule has 6 heteroatoms. The van der Waals surface area contributed by atoms with Crippen molar-refractivity contribution in [3.05, 3.63) is 57.6 Å². The molecule has 2 aromatic rings. The SMILES string of the molecule is O=C(NC1CCCc2cc(-c3ccc(Cl)c(Cl)c3)ccc21)O[C@H]1CN2CCC1CC2. The largest absolute Gasteiger partial charge is 0.445 e. The number of nitrogens with zero attached hydrogens (tertiary/aromatic N) is 1. The zero-order valence-corrected chi connectivity index (χ0v) is 18.4. The summed E-state index contributed by atoms with van der Waals surface area (Å²) in [5.74, 6) is 0.521. The first-order valence-electron chi connectivity index (χ1n) is 10.8. The van der Waals surface area contributed by atoms with Crippen molar-refractivity contribution in [2.24, 2.45) is 5.92 Å². The van der Waals surface area contributed by atoms with Gasteiger partial charge in [-0.05, 0) is 85.5 Å². The average molecular weight is 445 g/mol. The Balaban J connectivity index is 1.29. The van der Waals surface area contributed by atoms with E-state index >= 15 is 0 Å². The van der Waals surface area contributed by atoms with Gasteiger partial charge in [0.25, 0.3) is 0 Å². The van der Waals surface area contributed by atoms with Crippen molar-refractivity contribution in [2.45, 2.75) is 44.2 Å². The van der Waals surface area contributed by atoms with Crippen LogP contribution in [0.2, 0.25) is 10.0 Å². The highest BCUT2D eigenvalue weighted by molar-refractivity contribution is 6.42. The Labute approximate surface area is 187 Å². The number of hydrogen-bond acceptors (Lipinski definition) is 3. The molecule has 3 fully saturated rings. The van der Waals surface area contributed by atoms with Gasteiger partial charge in [-0.15, -0.1) is 0 Å². The molecule has 4 nitrogen and oxygen atoms in total. The van der Waals surface area contributed by atoms with Gasteiger partial charge in [-0.3, -0.25) is 4.90 Å². The molecule has 1 aliphatic carbocycles. The molecule has 1 amide bonds. The van der Waals surface area contributed by atoms with Crippen LogP contribution in [-0.2, 0) is 11.2 Å². The highest BCUT2D eigenvalue weighted by Gasteiger charge is 2.37. The second-order valence-electron chi connectivity index (χ2n) is 8.71. The van der Waals surface area contributed by atoms with Crippen molar-refractivity contribution in [3.8, 4) is 11.1 Å². The fourth-order valence-electron chi connectivity index (χ4n) is 5.18. The lowest BCUT2D eigenvalue weighted by Crippen LogP contribution is -2.52. The van der Waals surface area contributed by atoms with E-state index in [4.69, 9.17) is 27.9 Å². The van der Waals surface area contributed by atoms with E-state index in [1.54, 1.807) is 0 Å². The molecule has 0 aromatic heterocycles. The number of hydrogen-bond donors (Lipinski definition) is 1. The quantitative estimate of drug-likeness (QED) is 0.644. The average Bonchev–Trinajstić information content (AvgIpc) is 2.76. The normalized spacial score (nSPS) is 27.4. The van der Waals surface area contributed by atoms with Crippen molar-refractivity contribution in [3.63, 3.8) is 0 Å². The van der Waals surface area contributed by atoms with Crippen molar-refractivity contribution < 1.29 is 9.53 Å². The highest BCUT2D eigenvalue weighted by atomic mass is 35.5. The first-order chi connectivity index (χ1) is 14.6. The minimum Gasteiger partial charge on any atom is -0.445 e. The third-order valence-electron chi connectivity index (χ3n) is 6.86. The van der Waals surface area contributed by atoms with Crippen LogP contribution in [0.1, 0.15) is 42.9 Å². The Kier molecular flexibility index (Phi) is 5.65. The predicted octanol–water partition coefficient (Wildman–Crippen LogP) is 5.86. The standard InChI is InChI=1S/C24H26Cl2N2O2/c25-20-7-5-17(13-21(20)26)16-4-6-19-18(12-16)2-1-3-22(19)27-24(29)30-23-14-28-10-8-15(23)9-11-28/h4-7,12-13,15,22-23H,1-3,8-11,14H2,(H,27,29)/t22?,23-/m0/s1. The number of piperidine rings is 3. The molecular formula is C24H26Cl2N2O2. The van der Waals surface area contributed by atoms with Crippen LogP contribution in [0, 0.1) is 5.92 Å². The van der Waals surface area contributed by atoms with Gasteiger partial charge in [0.15, 0.2) is 0 Å². The molecular weight excluding hydrogens is 419 g/mol. The molecule has 3 saturated heterocycles. The van der Waals surface area contributed by atoms with Gasteiger partial charge < -0.3 is 10.1 Å². The molecule has 2 bridgehead atoms. The molecule has 30 heavy (non-hydrogen) atoms. The Hall–Kier alpha value is -1.75. The number of alkyl carbamates (subject to hydrolysis) is 1. The number of ether oxygens (including phenoxy) is 1. The zero-order chi connectivity index (χ0) is 20.7. The van der Waals surface area contributed by atoms with Crippen LogP contribution in [0.3, 0.4) is 0 Å². The van der Waals surface area contributed by atoms with E-state index in [9.17, 15) is 4.79 Å². The van der Waals surface area contributed by atoms with E-state index in [0.717, 1.165) is 62.9 Å². The third-order valence-corrected chi connectivity index (χ3v) is 7.60. The maximum Gasteiger partial charge on any atom is 0.407 e. The summed E-state index contributed by atoms with van der Waals surface area (Å²) in [6.07, 6.45) is 5.03. The molecule has 2 aromatic carbocycles. The van der Waals surface area contributed by atoms with E-state index in [0.29, 0.717) is 16.0 Å². The summed E-state index contributed by atoms with van der Waals surface area (Å²) in [7, 11) is 0. The van der Waals surface area contributed by atoms with Crippen LogP contribution in [0.4, 0.5) is 4.79 Å². The van der Waals surface area contributed by atoms with Crippen LogP contribution < -0.4 is 5.32 Å². The number of rotatable bonds is 3. The van der Waals surface area contributed by atoms with Crippen molar-refractivity contribution in [2.75, 3.05) is 19.6 Å². The van der Waals surface area contributed by atoms with Crippen molar-refractivity contribution in [1.29, 1.82) is 0 Å². The summed E-state index contributed by atoms with van der Waals surface area (Å²) < 4.78 is 5.84. The van der Waals surface area contributed by atoms with E-state index in [-0.39, 0.29) is 18.2 Å². The van der Waals surface area contributed by atoms with E-state index in [2.05, 4.69) is 28.4 Å². The van der Waals surface area contributed by atoms with Crippen LogP contribution >= 0.6 is 23.2 Å². The van der Waals surface area contributed by atoms with Crippen molar-refractivity contribution >= 4 is 29.3 Å². The fraction of sp³-hybridized carbons (Fsp3) is 0.458. The summed E-state index contributed by atoms with van der Waals surface area (Å²) in [4.78, 5) is 15.0. The lowest BCUT2D eigenvalue weighted by molar-refractivity contribution is -0.0340. The Morgan fingerprint density at radius 2 is 1.77 bits per heavy atom. The molecule has 6 rings (SSSR count). The van der Waals surface area contributed by atoms with Crippen molar-refractivity contribution in [1.82, 2.24) is 10.2 Å². The predicted molar refractivity (Wildman–Crippen MR) is 120 cm³/mol. The lowest BCUT2D eigenvalue weighted by atomic mass is 9.85. The zero-order valence-electron chi connectivity index (χ0n) is 16.9. The summed E-state index contributed by atoms with van der Waals surface area (Å²) in [5.41, 5.74) is 4.63. The molecule has 4 aliphatic rings. The molecule has 3 aliphatic heterocycles. The first-order valence-corrected chi connectivity index (χ1v) is 11.6. The maximum atomic E-state index is 12.6. The fourth-order valence-corrected chi connectivity index (χ4v) is 5.48. The number of amides is 1. The molecule has 0 saturated carbocycles. The number of aryl methyl sites for hydroxylation is 1. The molecule has 0 spiro atoms. The summed E-state index contributed by atoms with van der Waals surface area (Å²) in [6.45, 7) is 3.17. The molecule has 3 heterocycles. The topological polar surface area (TPSA) is 41.6 Å². The summed E-state index contributed by atoms with van der Waals surface area (Å²) in [5, 5.41) is 4.26. The second kappa shape index (κ2) is 8.41. The number of carbonyl (C=O) groups is 1. The number of carbonyl (C=O) groups excluding carboxylic acids is 1. The second-order valence-corrected chi connectivity index (χ2v) is 9.53. The molecule has 1 N–H and O–H groups in total. The van der Waals surface area contributed by atoms with Gasteiger partial charge >= 0.3 is 6.09 Å². The van der Waals surface area contributed by atoms with E-state index in [1.807, 2.05) is 18.2 Å². The van der Waals surface area contributed by atoms with E-state index < -0.39 is 0 Å². The Morgan fingerprint density at radius 1 is 1.00 bits per heavy atom. The number of benzene rings is 2. The van der Waals surface area contributed by atoms with Gasteiger partial charge in [-0.25, -0.2) is 4.79 Å². The van der Waals surface area contributed by atoms with E-state index in [1.165, 1.54) is 11.1 Å². The van der Waals surface area contributed by atoms with Gasteiger partial charge in [-0.2, -0.15) is 0 Å². The van der Waals surface area contributed by atoms with Gasteiger partial charge in [-0.1, -0.05) is 47.5 Å². The number of fused-ring (bicyclic) bond motifs is 4. The maximum absolute atomic E-state index is 12.6. The molecule has 2 atom stereocenters. The van der Waals surface area contributed by atoms with Crippen LogP contribution in [-0.4, -0.2) is 36.7 Å². The smallest absolute Gasteiger partial charge is 0.407 e. The Bertz CT molecular complexity index is 956. The first kappa shape index (κ1) is 20.2. The van der Waals surface area contributed by atoms with Gasteiger partial charge in [0.2, 0.25) is 0 Å². The van der Waals surface area contributed by atoms with Gasteiger partial charge in [0.05, 0.1) is 16.1 Å². The molecule has 0 radical (unpaired) electrons. The number of nitrogens with one attached hydrogen (secondary N) is 1.